The van der Waals surface area contributed by atoms with Crippen LogP contribution in [0.2, 0.25) is 0 Å². The van der Waals surface area contributed by atoms with E-state index in [-0.39, 0.29) is 17.6 Å². The van der Waals surface area contributed by atoms with E-state index in [2.05, 4.69) is 20.6 Å². The maximum Gasteiger partial charge on any atom is 0.267 e. The zero-order valence-electron chi connectivity index (χ0n) is 15.0. The number of nitrogens with one attached hydrogen (secondary N) is 2. The van der Waals surface area contributed by atoms with Gasteiger partial charge in [0, 0.05) is 29.3 Å². The van der Waals surface area contributed by atoms with Crippen molar-refractivity contribution in [2.45, 2.75) is 45.1 Å². The number of primary amides is 1. The van der Waals surface area contributed by atoms with Crippen LogP contribution in [-0.2, 0) is 0 Å². The number of aromatic nitrogens is 2. The van der Waals surface area contributed by atoms with E-state index in [4.69, 9.17) is 5.73 Å². The van der Waals surface area contributed by atoms with Gasteiger partial charge in [-0.3, -0.25) is 9.59 Å². The number of carbonyl (C=O) groups is 2. The first-order valence-corrected chi connectivity index (χ1v) is 8.83. The molecule has 1 fully saturated rings. The second-order valence-electron chi connectivity index (χ2n) is 6.62. The predicted octanol–water partition coefficient (Wildman–Crippen LogP) is 2.72. The molecular formula is C19H23N5O2. The van der Waals surface area contributed by atoms with Crippen LogP contribution in [0.5, 0.6) is 0 Å². The van der Waals surface area contributed by atoms with Crippen LogP contribution in [0.15, 0.2) is 30.3 Å². The van der Waals surface area contributed by atoms with Crippen LogP contribution in [0, 0.1) is 0 Å². The van der Waals surface area contributed by atoms with Crippen LogP contribution in [0.1, 0.15) is 65.7 Å². The third-order valence-electron chi connectivity index (χ3n) is 4.35. The lowest BCUT2D eigenvalue weighted by molar-refractivity contribution is 0.0938. The van der Waals surface area contributed by atoms with Gasteiger partial charge >= 0.3 is 0 Å². The average Bonchev–Trinajstić information content (AvgIpc) is 3.47. The molecule has 7 heteroatoms. The lowest BCUT2D eigenvalue weighted by Gasteiger charge is -2.12. The third kappa shape index (κ3) is 4.36. The van der Waals surface area contributed by atoms with Crippen LogP contribution in [0.25, 0.3) is 0 Å². The number of anilines is 2. The minimum atomic E-state index is -0.575. The Labute approximate surface area is 152 Å². The van der Waals surface area contributed by atoms with Crippen LogP contribution < -0.4 is 16.4 Å². The van der Waals surface area contributed by atoms with E-state index in [9.17, 15) is 9.59 Å². The van der Waals surface area contributed by atoms with Crippen molar-refractivity contribution in [1.29, 1.82) is 0 Å². The molecule has 0 aliphatic heterocycles. The van der Waals surface area contributed by atoms with Crippen molar-refractivity contribution < 1.29 is 9.59 Å². The van der Waals surface area contributed by atoms with Crippen molar-refractivity contribution >= 4 is 23.3 Å². The SMILES string of the molecule is CCC(C)NC(=O)c1ccc(Nc2cc(C(N)=O)nc(C3CC3)n2)cc1. The molecule has 0 radical (unpaired) electrons. The molecule has 0 bridgehead atoms. The summed E-state index contributed by atoms with van der Waals surface area (Å²) in [7, 11) is 0. The van der Waals surface area contributed by atoms with Gasteiger partial charge in [-0.2, -0.15) is 0 Å². The monoisotopic (exact) mass is 353 g/mol. The molecule has 1 atom stereocenters. The van der Waals surface area contributed by atoms with Crippen LogP contribution in [-0.4, -0.2) is 27.8 Å². The van der Waals surface area contributed by atoms with Crippen molar-refractivity contribution in [1.82, 2.24) is 15.3 Å². The fourth-order valence-electron chi connectivity index (χ4n) is 2.44. The van der Waals surface area contributed by atoms with Crippen molar-refractivity contribution in [2.75, 3.05) is 5.32 Å². The maximum atomic E-state index is 12.1. The molecule has 0 spiro atoms. The number of benzene rings is 1. The Morgan fingerprint density at radius 2 is 1.92 bits per heavy atom. The molecule has 2 aromatic rings. The highest BCUT2D eigenvalue weighted by Gasteiger charge is 2.28. The van der Waals surface area contributed by atoms with Gasteiger partial charge in [-0.05, 0) is 50.5 Å². The Hall–Kier alpha value is -2.96. The number of nitrogens with zero attached hydrogens (tertiary/aromatic N) is 2. The van der Waals surface area contributed by atoms with Crippen LogP contribution >= 0.6 is 0 Å². The number of rotatable bonds is 7. The van der Waals surface area contributed by atoms with Gasteiger partial charge < -0.3 is 16.4 Å². The van der Waals surface area contributed by atoms with E-state index in [1.165, 1.54) is 6.07 Å². The molecule has 1 unspecified atom stereocenters. The molecule has 3 rings (SSSR count). The first kappa shape index (κ1) is 17.8. The molecule has 0 saturated heterocycles. The minimum absolute atomic E-state index is 0.0972. The second-order valence-corrected chi connectivity index (χ2v) is 6.62. The van der Waals surface area contributed by atoms with Crippen LogP contribution in [0.3, 0.4) is 0 Å². The van der Waals surface area contributed by atoms with Crippen molar-refractivity contribution in [3.8, 4) is 0 Å². The largest absolute Gasteiger partial charge is 0.364 e. The molecule has 1 saturated carbocycles. The number of nitrogens with two attached hydrogens (primary N) is 1. The smallest absolute Gasteiger partial charge is 0.267 e. The fraction of sp³-hybridized carbons (Fsp3) is 0.368. The molecule has 1 aliphatic carbocycles. The van der Waals surface area contributed by atoms with Crippen molar-refractivity contribution in [3.05, 3.63) is 47.4 Å². The molecule has 7 nitrogen and oxygen atoms in total. The highest BCUT2D eigenvalue weighted by molar-refractivity contribution is 5.95. The van der Waals surface area contributed by atoms with Gasteiger partial charge in [0.1, 0.15) is 17.3 Å². The summed E-state index contributed by atoms with van der Waals surface area (Å²) in [5, 5.41) is 6.08. The summed E-state index contributed by atoms with van der Waals surface area (Å²) in [6.07, 6.45) is 2.94. The zero-order valence-corrected chi connectivity index (χ0v) is 15.0. The lowest BCUT2D eigenvalue weighted by Crippen LogP contribution is -2.31. The quantitative estimate of drug-likeness (QED) is 0.709. The van der Waals surface area contributed by atoms with Crippen LogP contribution in [0.4, 0.5) is 11.5 Å². The van der Waals surface area contributed by atoms with Gasteiger partial charge in [-0.25, -0.2) is 9.97 Å². The summed E-state index contributed by atoms with van der Waals surface area (Å²) in [6.45, 7) is 3.99. The molecular weight excluding hydrogens is 330 g/mol. The fourth-order valence-corrected chi connectivity index (χ4v) is 2.44. The van der Waals surface area contributed by atoms with Gasteiger partial charge in [0.2, 0.25) is 0 Å². The van der Waals surface area contributed by atoms with Crippen molar-refractivity contribution in [3.63, 3.8) is 0 Å². The summed E-state index contributed by atoms with van der Waals surface area (Å²) in [6, 6.07) is 8.77. The third-order valence-corrected chi connectivity index (χ3v) is 4.35. The van der Waals surface area contributed by atoms with Gasteiger partial charge in [0.15, 0.2) is 0 Å². The second kappa shape index (κ2) is 7.51. The van der Waals surface area contributed by atoms with E-state index in [1.54, 1.807) is 24.3 Å². The molecule has 26 heavy (non-hydrogen) atoms. The first-order chi connectivity index (χ1) is 12.5. The van der Waals surface area contributed by atoms with E-state index in [0.29, 0.717) is 23.1 Å². The highest BCUT2D eigenvalue weighted by atomic mass is 16.2. The summed E-state index contributed by atoms with van der Waals surface area (Å²) in [5.74, 6) is 0.803. The normalized spacial score (nSPS) is 14.5. The van der Waals surface area contributed by atoms with E-state index >= 15 is 0 Å². The minimum Gasteiger partial charge on any atom is -0.364 e. The Kier molecular flexibility index (Phi) is 5.16. The molecule has 1 heterocycles. The molecule has 136 valence electrons. The standard InChI is InChI=1S/C19H23N5O2/c1-3-11(2)21-19(26)13-6-8-14(9-7-13)22-16-10-15(17(20)25)23-18(24-16)12-4-5-12/h6-12H,3-5H2,1-2H3,(H2,20,25)(H,21,26)(H,22,23,24). The average molecular weight is 353 g/mol. The van der Waals surface area contributed by atoms with Gasteiger partial charge in [-0.15, -0.1) is 0 Å². The number of hydrogen-bond acceptors (Lipinski definition) is 5. The Balaban J connectivity index is 1.74. The molecule has 1 aromatic carbocycles. The van der Waals surface area contributed by atoms with E-state index < -0.39 is 5.91 Å². The number of hydrogen-bond donors (Lipinski definition) is 3. The molecule has 1 aliphatic rings. The van der Waals surface area contributed by atoms with E-state index in [0.717, 1.165) is 24.9 Å². The summed E-state index contributed by atoms with van der Waals surface area (Å²) in [5.41, 5.74) is 6.93. The van der Waals surface area contributed by atoms with E-state index in [1.807, 2.05) is 13.8 Å². The Morgan fingerprint density at radius 1 is 1.23 bits per heavy atom. The van der Waals surface area contributed by atoms with Gasteiger partial charge in [0.05, 0.1) is 0 Å². The predicted molar refractivity (Wildman–Crippen MR) is 99.5 cm³/mol. The topological polar surface area (TPSA) is 110 Å². The van der Waals surface area contributed by atoms with Gasteiger partial charge in [0.25, 0.3) is 11.8 Å². The van der Waals surface area contributed by atoms with Crippen molar-refractivity contribution in [2.24, 2.45) is 5.73 Å². The zero-order chi connectivity index (χ0) is 18.7. The lowest BCUT2D eigenvalue weighted by atomic mass is 10.1. The highest BCUT2D eigenvalue weighted by Crippen LogP contribution is 2.38. The molecule has 1 aromatic heterocycles. The number of carbonyl (C=O) groups excluding carboxylic acids is 2. The number of amides is 2. The first-order valence-electron chi connectivity index (χ1n) is 8.83. The Morgan fingerprint density at radius 3 is 2.50 bits per heavy atom. The summed E-state index contributed by atoms with van der Waals surface area (Å²) >= 11 is 0. The summed E-state index contributed by atoms with van der Waals surface area (Å²) in [4.78, 5) is 32.3. The Bertz CT molecular complexity index is 815. The van der Waals surface area contributed by atoms with Gasteiger partial charge in [-0.1, -0.05) is 6.92 Å². The summed E-state index contributed by atoms with van der Waals surface area (Å²) < 4.78 is 0. The molecule has 4 N–H and O–H groups in total. The maximum absolute atomic E-state index is 12.1. The molecule has 2 amide bonds.